The summed E-state index contributed by atoms with van der Waals surface area (Å²) in [6.07, 6.45) is 1.24. The molecule has 1 aromatic heterocycles. The molecule has 2 amide bonds. The van der Waals surface area contributed by atoms with E-state index in [1.165, 1.54) is 15.6 Å². The number of nitrogens with zero attached hydrogens (tertiary/aromatic N) is 1. The zero-order valence-electron chi connectivity index (χ0n) is 14.7. The number of thiophene rings is 1. The van der Waals surface area contributed by atoms with Crippen LogP contribution in [0.15, 0.2) is 21.7 Å². The molecular formula is C16H25N3O4S2. The van der Waals surface area contributed by atoms with E-state index in [-0.39, 0.29) is 34.7 Å². The van der Waals surface area contributed by atoms with Gasteiger partial charge in [0.05, 0.1) is 12.5 Å². The van der Waals surface area contributed by atoms with E-state index < -0.39 is 15.9 Å². The highest BCUT2D eigenvalue weighted by atomic mass is 32.2. The maximum atomic E-state index is 12.6. The van der Waals surface area contributed by atoms with Gasteiger partial charge >= 0.3 is 0 Å². The molecule has 0 aliphatic carbocycles. The number of piperidine rings is 1. The Labute approximate surface area is 152 Å². The van der Waals surface area contributed by atoms with E-state index in [0.29, 0.717) is 19.4 Å². The summed E-state index contributed by atoms with van der Waals surface area (Å²) in [5, 5.41) is 7.10. The van der Waals surface area contributed by atoms with Gasteiger partial charge in [-0.15, -0.1) is 11.3 Å². The molecule has 0 spiro atoms. The highest BCUT2D eigenvalue weighted by molar-refractivity contribution is 7.91. The number of amides is 2. The van der Waals surface area contributed by atoms with Crippen LogP contribution in [0.4, 0.5) is 0 Å². The fourth-order valence-corrected chi connectivity index (χ4v) is 5.35. The van der Waals surface area contributed by atoms with Crippen molar-refractivity contribution in [2.75, 3.05) is 19.6 Å². The largest absolute Gasteiger partial charge is 0.350 e. The summed E-state index contributed by atoms with van der Waals surface area (Å²) in [7, 11) is -3.55. The third-order valence-corrected chi connectivity index (χ3v) is 7.02. The Kier molecular flexibility index (Phi) is 6.23. The number of carbonyl (C=O) groups excluding carboxylic acids is 2. The van der Waals surface area contributed by atoms with E-state index in [4.69, 9.17) is 0 Å². The minimum Gasteiger partial charge on any atom is -0.350 e. The first kappa shape index (κ1) is 19.9. The quantitative estimate of drug-likeness (QED) is 0.793. The second kappa shape index (κ2) is 7.84. The first-order chi connectivity index (χ1) is 11.6. The van der Waals surface area contributed by atoms with E-state index in [1.54, 1.807) is 17.5 Å². The molecule has 0 bridgehead atoms. The summed E-state index contributed by atoms with van der Waals surface area (Å²) in [6, 6.07) is 3.26. The van der Waals surface area contributed by atoms with Crippen molar-refractivity contribution in [2.24, 2.45) is 5.92 Å². The molecule has 0 saturated carbocycles. The average molecular weight is 388 g/mol. The predicted octanol–water partition coefficient (Wildman–Crippen LogP) is 1.18. The molecular weight excluding hydrogens is 362 g/mol. The van der Waals surface area contributed by atoms with Gasteiger partial charge in [0.2, 0.25) is 11.8 Å². The van der Waals surface area contributed by atoms with Gasteiger partial charge in [0.1, 0.15) is 4.21 Å². The molecule has 1 aromatic rings. The Hall–Kier alpha value is -1.45. The monoisotopic (exact) mass is 387 g/mol. The van der Waals surface area contributed by atoms with Crippen LogP contribution in [-0.2, 0) is 19.6 Å². The Morgan fingerprint density at radius 3 is 2.68 bits per heavy atom. The minimum atomic E-state index is -3.55. The Morgan fingerprint density at radius 2 is 2.08 bits per heavy atom. The van der Waals surface area contributed by atoms with Crippen LogP contribution in [0.1, 0.15) is 33.6 Å². The van der Waals surface area contributed by atoms with Crippen molar-refractivity contribution in [3.63, 3.8) is 0 Å². The molecule has 25 heavy (non-hydrogen) atoms. The second-order valence-electron chi connectivity index (χ2n) is 7.15. The summed E-state index contributed by atoms with van der Waals surface area (Å²) >= 11 is 1.17. The molecule has 1 atom stereocenters. The van der Waals surface area contributed by atoms with Crippen LogP contribution >= 0.6 is 11.3 Å². The Bertz CT molecular complexity index is 708. The van der Waals surface area contributed by atoms with E-state index in [9.17, 15) is 18.0 Å². The van der Waals surface area contributed by atoms with Crippen molar-refractivity contribution in [1.29, 1.82) is 0 Å². The zero-order chi connectivity index (χ0) is 18.7. The molecule has 0 unspecified atom stereocenters. The smallest absolute Gasteiger partial charge is 0.252 e. The molecule has 2 rings (SSSR count). The summed E-state index contributed by atoms with van der Waals surface area (Å²) in [5.41, 5.74) is -0.363. The zero-order valence-corrected chi connectivity index (χ0v) is 16.4. The predicted molar refractivity (Wildman–Crippen MR) is 96.7 cm³/mol. The first-order valence-corrected chi connectivity index (χ1v) is 10.5. The van der Waals surface area contributed by atoms with E-state index in [1.807, 2.05) is 20.8 Å². The lowest BCUT2D eigenvalue weighted by Crippen LogP contribution is -2.49. The summed E-state index contributed by atoms with van der Waals surface area (Å²) in [5.74, 6) is -0.985. The van der Waals surface area contributed by atoms with Crippen molar-refractivity contribution in [3.05, 3.63) is 17.5 Å². The number of rotatable bonds is 5. The summed E-state index contributed by atoms with van der Waals surface area (Å²) in [6.45, 7) is 6.04. The maximum absolute atomic E-state index is 12.6. The van der Waals surface area contributed by atoms with E-state index >= 15 is 0 Å². The molecule has 1 fully saturated rings. The van der Waals surface area contributed by atoms with Gasteiger partial charge in [-0.1, -0.05) is 6.07 Å². The Morgan fingerprint density at radius 1 is 1.36 bits per heavy atom. The SMILES string of the molecule is CC(C)(C)NC(=O)CNC(=O)[C@H]1CCCN(S(=O)(=O)c2cccs2)C1. The summed E-state index contributed by atoms with van der Waals surface area (Å²) < 4.78 is 26.8. The minimum absolute atomic E-state index is 0.107. The molecule has 9 heteroatoms. The third kappa shape index (κ3) is 5.52. The van der Waals surface area contributed by atoms with Crippen LogP contribution in [-0.4, -0.2) is 49.7 Å². The highest BCUT2D eigenvalue weighted by Gasteiger charge is 2.33. The van der Waals surface area contributed by atoms with Crippen molar-refractivity contribution >= 4 is 33.2 Å². The number of sulfonamides is 1. The lowest BCUT2D eigenvalue weighted by Gasteiger charge is -2.30. The van der Waals surface area contributed by atoms with Crippen LogP contribution in [0.3, 0.4) is 0 Å². The molecule has 7 nitrogen and oxygen atoms in total. The molecule has 2 heterocycles. The highest BCUT2D eigenvalue weighted by Crippen LogP contribution is 2.26. The topological polar surface area (TPSA) is 95.6 Å². The molecule has 140 valence electrons. The fraction of sp³-hybridized carbons (Fsp3) is 0.625. The van der Waals surface area contributed by atoms with Crippen LogP contribution in [0.2, 0.25) is 0 Å². The van der Waals surface area contributed by atoms with Gasteiger partial charge in [0, 0.05) is 18.6 Å². The van der Waals surface area contributed by atoms with E-state index in [0.717, 1.165) is 0 Å². The molecule has 1 aliphatic rings. The average Bonchev–Trinajstić information content (AvgIpc) is 3.06. The molecule has 2 N–H and O–H groups in total. The van der Waals surface area contributed by atoms with Gasteiger partial charge < -0.3 is 10.6 Å². The van der Waals surface area contributed by atoms with Crippen LogP contribution < -0.4 is 10.6 Å². The van der Waals surface area contributed by atoms with Crippen molar-refractivity contribution in [2.45, 2.75) is 43.4 Å². The number of hydrogen-bond acceptors (Lipinski definition) is 5. The third-order valence-electron chi connectivity index (χ3n) is 3.78. The van der Waals surface area contributed by atoms with Crippen LogP contribution in [0.5, 0.6) is 0 Å². The van der Waals surface area contributed by atoms with E-state index in [2.05, 4.69) is 10.6 Å². The number of nitrogens with one attached hydrogen (secondary N) is 2. The normalized spacial score (nSPS) is 19.4. The fourth-order valence-electron chi connectivity index (χ4n) is 2.69. The molecule has 0 aromatic carbocycles. The standard InChI is InChI=1S/C16H25N3O4S2/c1-16(2,3)18-13(20)10-17-15(21)12-6-4-8-19(11-12)25(22,23)14-7-5-9-24-14/h5,7,9,12H,4,6,8,10-11H2,1-3H3,(H,17,21)(H,18,20)/t12-/m0/s1. The number of hydrogen-bond donors (Lipinski definition) is 2. The lowest BCUT2D eigenvalue weighted by atomic mass is 9.99. The van der Waals surface area contributed by atoms with Gasteiger partial charge in [0.25, 0.3) is 10.0 Å². The first-order valence-electron chi connectivity index (χ1n) is 8.22. The maximum Gasteiger partial charge on any atom is 0.252 e. The van der Waals surface area contributed by atoms with Crippen molar-refractivity contribution < 1.29 is 18.0 Å². The second-order valence-corrected chi connectivity index (χ2v) is 10.3. The number of carbonyl (C=O) groups is 2. The molecule has 1 aliphatic heterocycles. The molecule has 1 saturated heterocycles. The van der Waals surface area contributed by atoms with Crippen LogP contribution in [0.25, 0.3) is 0 Å². The van der Waals surface area contributed by atoms with Crippen molar-refractivity contribution in [3.8, 4) is 0 Å². The Balaban J connectivity index is 1.92. The summed E-state index contributed by atoms with van der Waals surface area (Å²) in [4.78, 5) is 24.1. The molecule has 0 radical (unpaired) electrons. The van der Waals surface area contributed by atoms with Gasteiger partial charge in [-0.3, -0.25) is 9.59 Å². The van der Waals surface area contributed by atoms with Gasteiger partial charge in [-0.05, 0) is 45.1 Å². The van der Waals surface area contributed by atoms with Gasteiger partial charge in [-0.25, -0.2) is 8.42 Å². The van der Waals surface area contributed by atoms with Crippen molar-refractivity contribution in [1.82, 2.24) is 14.9 Å². The van der Waals surface area contributed by atoms with Gasteiger partial charge in [-0.2, -0.15) is 4.31 Å². The lowest BCUT2D eigenvalue weighted by molar-refractivity contribution is -0.129. The van der Waals surface area contributed by atoms with Gasteiger partial charge in [0.15, 0.2) is 0 Å². The van der Waals surface area contributed by atoms with Crippen LogP contribution in [0, 0.1) is 5.92 Å².